The molecule has 6 aromatic rings. The Hall–Kier alpha value is -4.00. The molecule has 0 fully saturated rings. The maximum Gasteiger partial charge on any atom is 0.270 e. The van der Waals surface area contributed by atoms with Crippen LogP contribution >= 0.6 is 11.3 Å². The number of benzene rings is 4. The summed E-state index contributed by atoms with van der Waals surface area (Å²) >= 11 is 1.85. The van der Waals surface area contributed by atoms with Gasteiger partial charge in [0.25, 0.3) is 5.82 Å². The van der Waals surface area contributed by atoms with E-state index in [2.05, 4.69) is 88.7 Å². The van der Waals surface area contributed by atoms with Crippen molar-refractivity contribution < 1.29 is 0 Å². The van der Waals surface area contributed by atoms with Crippen molar-refractivity contribution in [3.8, 4) is 22.3 Å². The van der Waals surface area contributed by atoms with E-state index in [1.165, 1.54) is 42.1 Å². The summed E-state index contributed by atoms with van der Waals surface area (Å²) in [5, 5.41) is 5.26. The molecule has 0 N–H and O–H groups in total. The van der Waals surface area contributed by atoms with Crippen LogP contribution in [0.3, 0.4) is 0 Å². The molecule has 0 aliphatic rings. The second-order valence-electron chi connectivity index (χ2n) is 7.57. The van der Waals surface area contributed by atoms with Crippen LogP contribution in [0, 0.1) is 6.57 Å². The van der Waals surface area contributed by atoms with E-state index in [0.29, 0.717) is 5.82 Å². The fraction of sp³-hybridized carbons (Fsp3) is 0. The van der Waals surface area contributed by atoms with E-state index in [9.17, 15) is 0 Å². The lowest BCUT2D eigenvalue weighted by molar-refractivity contribution is 1.35. The zero-order valence-electron chi connectivity index (χ0n) is 16.5. The van der Waals surface area contributed by atoms with Crippen LogP contribution < -0.4 is 0 Å². The largest absolute Gasteiger partial charge is 0.361 e. The summed E-state index contributed by atoms with van der Waals surface area (Å²) in [7, 11) is 0. The standard InChI is InChI=1S/C28H16N2S/c1-29-27-17-22(13-14-30-27)20-7-4-6-19(15-20)21-9-11-24-26(16-21)31-25-12-10-18-5-2-3-8-23(18)28(24)25/h2-17H. The second kappa shape index (κ2) is 7.05. The average Bonchev–Trinajstić information content (AvgIpc) is 3.22. The summed E-state index contributed by atoms with van der Waals surface area (Å²) < 4.78 is 2.62. The van der Waals surface area contributed by atoms with Crippen LogP contribution in [-0.2, 0) is 0 Å². The van der Waals surface area contributed by atoms with E-state index in [1.54, 1.807) is 6.20 Å². The molecular weight excluding hydrogens is 396 g/mol. The number of aromatic nitrogens is 1. The Kier molecular flexibility index (Phi) is 4.06. The van der Waals surface area contributed by atoms with Gasteiger partial charge in [0, 0.05) is 20.2 Å². The van der Waals surface area contributed by atoms with Gasteiger partial charge in [-0.3, -0.25) is 0 Å². The van der Waals surface area contributed by atoms with Gasteiger partial charge in [-0.25, -0.2) is 0 Å². The summed E-state index contributed by atoms with van der Waals surface area (Å²) in [5.41, 5.74) is 4.47. The molecule has 0 saturated heterocycles. The van der Waals surface area contributed by atoms with Gasteiger partial charge in [0.2, 0.25) is 0 Å². The zero-order valence-corrected chi connectivity index (χ0v) is 17.4. The van der Waals surface area contributed by atoms with E-state index in [4.69, 9.17) is 6.57 Å². The fourth-order valence-corrected chi connectivity index (χ4v) is 5.42. The Morgan fingerprint density at radius 2 is 1.45 bits per heavy atom. The van der Waals surface area contributed by atoms with Crippen LogP contribution in [0.25, 0.3) is 58.0 Å². The van der Waals surface area contributed by atoms with Gasteiger partial charge in [-0.1, -0.05) is 67.2 Å². The second-order valence-corrected chi connectivity index (χ2v) is 8.65. The molecule has 144 valence electrons. The minimum atomic E-state index is 0.418. The van der Waals surface area contributed by atoms with Crippen LogP contribution in [-0.4, -0.2) is 4.98 Å². The lowest BCUT2D eigenvalue weighted by Gasteiger charge is -2.07. The van der Waals surface area contributed by atoms with Gasteiger partial charge in [0.05, 0.1) is 0 Å². The molecule has 0 atom stereocenters. The van der Waals surface area contributed by atoms with Crippen molar-refractivity contribution in [3.05, 3.63) is 109 Å². The zero-order chi connectivity index (χ0) is 20.8. The molecule has 0 unspecified atom stereocenters. The summed E-state index contributed by atoms with van der Waals surface area (Å²) in [5.74, 6) is 0.418. The summed E-state index contributed by atoms with van der Waals surface area (Å²) in [6.07, 6.45) is 1.70. The smallest absolute Gasteiger partial charge is 0.270 e. The number of thiophene rings is 1. The molecule has 0 radical (unpaired) electrons. The number of rotatable bonds is 2. The summed E-state index contributed by atoms with van der Waals surface area (Å²) in [4.78, 5) is 7.54. The molecular formula is C28H16N2S. The molecule has 6 rings (SSSR count). The SMILES string of the molecule is [C-]#[N+]c1cc(-c2cccc(-c3ccc4c(c3)sc3ccc5ccccc5c34)c2)ccn1. The van der Waals surface area contributed by atoms with Crippen LogP contribution in [0.5, 0.6) is 0 Å². The molecule has 0 spiro atoms. The van der Waals surface area contributed by atoms with Crippen molar-refractivity contribution in [3.63, 3.8) is 0 Å². The number of nitrogens with zero attached hydrogens (tertiary/aromatic N) is 2. The van der Waals surface area contributed by atoms with Crippen molar-refractivity contribution in [2.45, 2.75) is 0 Å². The first-order valence-corrected chi connectivity index (χ1v) is 10.9. The van der Waals surface area contributed by atoms with Gasteiger partial charge >= 0.3 is 0 Å². The van der Waals surface area contributed by atoms with Crippen LogP contribution in [0.4, 0.5) is 5.82 Å². The van der Waals surface area contributed by atoms with Gasteiger partial charge in [-0.15, -0.1) is 16.3 Å². The van der Waals surface area contributed by atoms with E-state index in [0.717, 1.165) is 11.1 Å². The highest BCUT2D eigenvalue weighted by molar-refractivity contribution is 7.26. The Bertz CT molecular complexity index is 1650. The normalized spacial score (nSPS) is 11.2. The minimum absolute atomic E-state index is 0.418. The lowest BCUT2D eigenvalue weighted by Crippen LogP contribution is -1.82. The first-order chi connectivity index (χ1) is 15.3. The maximum atomic E-state index is 7.22. The first-order valence-electron chi connectivity index (χ1n) is 10.1. The summed E-state index contributed by atoms with van der Waals surface area (Å²) in [6, 6.07) is 32.1. The third-order valence-electron chi connectivity index (χ3n) is 5.75. The number of pyridine rings is 1. The molecule has 0 bridgehead atoms. The molecule has 2 nitrogen and oxygen atoms in total. The van der Waals surface area contributed by atoms with Crippen LogP contribution in [0.2, 0.25) is 0 Å². The predicted molar refractivity (Wildman–Crippen MR) is 132 cm³/mol. The third-order valence-corrected chi connectivity index (χ3v) is 6.87. The topological polar surface area (TPSA) is 17.2 Å². The Morgan fingerprint density at radius 3 is 2.32 bits per heavy atom. The highest BCUT2D eigenvalue weighted by Gasteiger charge is 2.10. The van der Waals surface area contributed by atoms with Gasteiger partial charge in [0.1, 0.15) is 6.20 Å². The monoisotopic (exact) mass is 412 g/mol. The van der Waals surface area contributed by atoms with Crippen LogP contribution in [0.15, 0.2) is 97.2 Å². The van der Waals surface area contributed by atoms with Crippen molar-refractivity contribution in [1.29, 1.82) is 0 Å². The van der Waals surface area contributed by atoms with Crippen molar-refractivity contribution >= 4 is 48.1 Å². The van der Waals surface area contributed by atoms with Gasteiger partial charge < -0.3 is 4.85 Å². The van der Waals surface area contributed by atoms with E-state index in [-0.39, 0.29) is 0 Å². The number of hydrogen-bond acceptors (Lipinski definition) is 2. The highest BCUT2D eigenvalue weighted by atomic mass is 32.1. The summed E-state index contributed by atoms with van der Waals surface area (Å²) in [6.45, 7) is 7.22. The van der Waals surface area contributed by atoms with E-state index < -0.39 is 0 Å². The van der Waals surface area contributed by atoms with Crippen LogP contribution in [0.1, 0.15) is 0 Å². The molecule has 2 aromatic heterocycles. The van der Waals surface area contributed by atoms with Gasteiger partial charge in [-0.05, 0) is 63.4 Å². The van der Waals surface area contributed by atoms with Gasteiger partial charge in [-0.2, -0.15) is 0 Å². The quantitative estimate of drug-likeness (QED) is 0.261. The fourth-order valence-electron chi connectivity index (χ4n) is 4.26. The average molecular weight is 413 g/mol. The molecule has 31 heavy (non-hydrogen) atoms. The predicted octanol–water partition coefficient (Wildman–Crippen LogP) is 8.49. The Morgan fingerprint density at radius 1 is 0.645 bits per heavy atom. The molecule has 0 amide bonds. The Labute approximate surface area is 183 Å². The first kappa shape index (κ1) is 17.8. The molecule has 2 heterocycles. The van der Waals surface area contributed by atoms with Gasteiger partial charge in [0.15, 0.2) is 0 Å². The molecule has 0 aliphatic carbocycles. The third kappa shape index (κ3) is 2.97. The van der Waals surface area contributed by atoms with E-state index >= 15 is 0 Å². The number of hydrogen-bond donors (Lipinski definition) is 0. The Balaban J connectivity index is 1.50. The molecule has 3 heteroatoms. The molecule has 4 aromatic carbocycles. The molecule has 0 aliphatic heterocycles. The van der Waals surface area contributed by atoms with Crippen molar-refractivity contribution in [2.24, 2.45) is 0 Å². The van der Waals surface area contributed by atoms with E-state index in [1.807, 2.05) is 23.5 Å². The minimum Gasteiger partial charge on any atom is -0.361 e. The van der Waals surface area contributed by atoms with Crippen molar-refractivity contribution in [1.82, 2.24) is 4.98 Å². The maximum absolute atomic E-state index is 7.22. The lowest BCUT2D eigenvalue weighted by atomic mass is 9.98. The number of fused-ring (bicyclic) bond motifs is 5. The highest BCUT2D eigenvalue weighted by Crippen LogP contribution is 2.40. The van der Waals surface area contributed by atoms with Crippen molar-refractivity contribution in [2.75, 3.05) is 0 Å². The molecule has 0 saturated carbocycles.